The number of hydrogen-bond donors (Lipinski definition) is 1. The number of anilines is 1. The third-order valence-corrected chi connectivity index (χ3v) is 7.61. The molecule has 1 rings (SSSR count). The van der Waals surface area contributed by atoms with Crippen molar-refractivity contribution in [3.05, 3.63) is 21.7 Å². The summed E-state index contributed by atoms with van der Waals surface area (Å²) >= 11 is 1.85. The van der Waals surface area contributed by atoms with E-state index in [2.05, 4.69) is 573 Å². The molecule has 0 aliphatic rings. The van der Waals surface area contributed by atoms with Gasteiger partial charge in [0.05, 0.1) is 9.77 Å². The fraction of sp³-hybridized carbons (Fsp3) is 0. The largest absolute Gasteiger partial charge is 0.384 e. The molecule has 0 aromatic carbocycles. The Kier molecular flexibility index (Phi) is 62.2. The SMILES string of the molecule is C#CC#CC#CC#CC#CC#CC#CC#CC#CC#CC#CC#CC#CC#CC#CC#CC#CC#CC#CC#CC#CC#CC#CC#CC#CC#CC#CC#CC#CC#CC#CC#CC#CC#CC#CC#CC#CC#CC#CC#CC#CC#CC#CC#CC#CC#CC#CC#CC#C.Nc1cc(I)c(F)cn1. The van der Waals surface area contributed by atoms with Gasteiger partial charge in [-0.25, -0.2) is 9.37 Å². The number of halogens is 2. The second-order valence-corrected chi connectivity index (χ2v) is 14.7. The molecule has 442 valence electrons. The second-order valence-electron chi connectivity index (χ2n) is 13.6. The molecule has 0 aliphatic heterocycles. The topological polar surface area (TPSA) is 38.9 Å². The molecule has 1 aromatic rings. The lowest BCUT2D eigenvalue weighted by atomic mass is 10.4. The maximum Gasteiger partial charge on any atom is 0.154 e. The quantitative estimate of drug-likeness (QED) is 0.319. The Bertz CT molecular complexity index is 7020. The van der Waals surface area contributed by atoms with Crippen molar-refractivity contribution in [2.75, 3.05) is 5.73 Å². The van der Waals surface area contributed by atoms with E-state index in [9.17, 15) is 4.39 Å². The molecule has 0 spiro atoms. The summed E-state index contributed by atoms with van der Waals surface area (Å²) in [5.41, 5.74) is 5.24. The van der Waals surface area contributed by atoms with Crippen LogP contribution in [0.2, 0.25) is 0 Å². The highest BCUT2D eigenvalue weighted by atomic mass is 127. The molecule has 0 fully saturated rings. The van der Waals surface area contributed by atoms with Gasteiger partial charge in [-0.15, -0.1) is 12.8 Å². The highest BCUT2D eigenvalue weighted by Gasteiger charge is 1.96. The molecule has 0 amide bonds. The maximum atomic E-state index is 12.4. The summed E-state index contributed by atoms with van der Waals surface area (Å²) in [6.07, 6.45) is 11.0. The van der Waals surface area contributed by atoms with Crippen molar-refractivity contribution >= 4 is 28.4 Å². The number of nitrogens with two attached hydrogens (primary N) is 1. The molecule has 1 aromatic heterocycles. The van der Waals surface area contributed by atoms with Gasteiger partial charge in [-0.05, 0) is 123 Å². The first-order chi connectivity index (χ1) is 53.1. The Morgan fingerprint density at radius 2 is 0.271 bits per heavy atom. The molecular weight excluding hydrogens is 1410 g/mol. The van der Waals surface area contributed by atoms with Crippen molar-refractivity contribution in [1.29, 1.82) is 0 Å². The molecule has 0 radical (unpaired) electrons. The normalized spacial score (nSPS) is 4.41. The number of nitrogens with zero attached hydrogens (tertiary/aromatic N) is 1. The van der Waals surface area contributed by atoms with E-state index in [-0.39, 0.29) is 5.82 Å². The van der Waals surface area contributed by atoms with Gasteiger partial charge in [0.15, 0.2) is 5.82 Å². The van der Waals surface area contributed by atoms with Gasteiger partial charge in [0, 0.05) is 474 Å². The van der Waals surface area contributed by atoms with Crippen molar-refractivity contribution in [3.8, 4) is 581 Å². The monoisotopic (exact) mass is 1420 g/mol. The first-order valence-electron chi connectivity index (χ1n) is 26.6. The molecule has 0 bridgehead atoms. The first kappa shape index (κ1) is 85.1. The molecule has 2 N–H and O–H groups in total. The van der Waals surface area contributed by atoms with Gasteiger partial charge in [-0.2, -0.15) is 0 Å². The van der Waals surface area contributed by atoms with Gasteiger partial charge in [0.25, 0.3) is 0 Å². The van der Waals surface area contributed by atoms with Crippen LogP contribution in [0.25, 0.3) is 0 Å². The zero-order valence-electron chi connectivity index (χ0n) is 53.6. The summed E-state index contributed by atoms with van der Waals surface area (Å²) in [5.74, 6) is 238. The van der Waals surface area contributed by atoms with Crippen LogP contribution in [-0.4, -0.2) is 4.98 Å². The van der Waals surface area contributed by atoms with Crippen LogP contribution >= 0.6 is 22.6 Å². The van der Waals surface area contributed by atoms with E-state index >= 15 is 0 Å². The van der Waals surface area contributed by atoms with Crippen LogP contribution in [0.15, 0.2) is 12.3 Å². The van der Waals surface area contributed by atoms with Crippen molar-refractivity contribution < 1.29 is 4.39 Å². The van der Waals surface area contributed by atoms with E-state index in [1.807, 2.05) is 22.6 Å². The van der Waals surface area contributed by atoms with E-state index in [0.717, 1.165) is 6.20 Å². The summed E-state index contributed by atoms with van der Waals surface area (Å²) in [6, 6.07) is 1.48. The minimum atomic E-state index is -0.329. The van der Waals surface area contributed by atoms with Gasteiger partial charge in [0.1, 0.15) is 5.82 Å². The summed E-state index contributed by atoms with van der Waals surface area (Å²) < 4.78 is 12.9. The van der Waals surface area contributed by atoms with Gasteiger partial charge < -0.3 is 5.73 Å². The lowest BCUT2D eigenvalue weighted by Gasteiger charge is -1.92. The van der Waals surface area contributed by atoms with Crippen LogP contribution in [0.4, 0.5) is 10.2 Å². The lowest BCUT2D eigenvalue weighted by molar-refractivity contribution is 0.614. The number of pyridine rings is 1. The minimum absolute atomic E-state index is 0.329. The number of hydrogen-bond acceptors (Lipinski definition) is 2. The number of aromatic nitrogens is 1. The lowest BCUT2D eigenvalue weighted by Crippen LogP contribution is -1.91. The Labute approximate surface area is 641 Å². The second kappa shape index (κ2) is 78.3. The highest BCUT2D eigenvalue weighted by molar-refractivity contribution is 14.1. The maximum absolute atomic E-state index is 12.4. The van der Waals surface area contributed by atoms with E-state index in [4.69, 9.17) is 18.6 Å². The predicted octanol–water partition coefficient (Wildman–Crippen LogP) is 1.82. The number of nitrogen functional groups attached to an aromatic ring is 1. The van der Waals surface area contributed by atoms with Crippen LogP contribution in [0.1, 0.15) is 0 Å². The Morgan fingerprint density at radius 3 is 0.336 bits per heavy atom. The van der Waals surface area contributed by atoms with Crippen molar-refractivity contribution in [1.82, 2.24) is 4.98 Å². The molecular formula is C103H6FIN2. The fourth-order valence-electron chi connectivity index (χ4n) is 3.38. The molecule has 1 heterocycles. The van der Waals surface area contributed by atoms with Gasteiger partial charge in [-0.3, -0.25) is 0 Å². The van der Waals surface area contributed by atoms with Crippen molar-refractivity contribution in [3.63, 3.8) is 0 Å². The average Bonchev–Trinajstić information content (AvgIpc) is 0.920. The average molecular weight is 1420 g/mol. The van der Waals surface area contributed by atoms with Crippen LogP contribution in [-0.2, 0) is 0 Å². The van der Waals surface area contributed by atoms with E-state index in [0.29, 0.717) is 9.39 Å². The molecule has 0 saturated carbocycles. The Morgan fingerprint density at radius 1 is 0.187 bits per heavy atom. The molecule has 0 aliphatic carbocycles. The van der Waals surface area contributed by atoms with Crippen LogP contribution in [0.3, 0.4) is 0 Å². The molecule has 4 heteroatoms. The number of rotatable bonds is 0. The van der Waals surface area contributed by atoms with E-state index in [1.165, 1.54) is 6.07 Å². The van der Waals surface area contributed by atoms with E-state index < -0.39 is 0 Å². The molecule has 2 nitrogen and oxygen atoms in total. The molecule has 0 unspecified atom stereocenters. The highest BCUT2D eigenvalue weighted by Crippen LogP contribution is 2.10. The zero-order chi connectivity index (χ0) is 76.7. The van der Waals surface area contributed by atoms with Crippen molar-refractivity contribution in [2.24, 2.45) is 0 Å². The zero-order valence-corrected chi connectivity index (χ0v) is 55.7. The Hall–Kier alpha value is -21.9. The number of terminal acetylenes is 2. The van der Waals surface area contributed by atoms with Gasteiger partial charge in [-0.1, -0.05) is 0 Å². The summed E-state index contributed by atoms with van der Waals surface area (Å²) in [5, 5.41) is 0. The molecule has 0 saturated heterocycles. The summed E-state index contributed by atoms with van der Waals surface area (Å²) in [4.78, 5) is 3.54. The van der Waals surface area contributed by atoms with Gasteiger partial charge in [0.2, 0.25) is 0 Å². The smallest absolute Gasteiger partial charge is 0.154 e. The molecule has 0 atom stereocenters. The summed E-state index contributed by atoms with van der Waals surface area (Å²) in [6.45, 7) is 0. The van der Waals surface area contributed by atoms with Crippen LogP contribution in [0.5, 0.6) is 0 Å². The van der Waals surface area contributed by atoms with Crippen LogP contribution < -0.4 is 5.73 Å². The summed E-state index contributed by atoms with van der Waals surface area (Å²) in [7, 11) is 0. The fourth-order valence-corrected chi connectivity index (χ4v) is 3.83. The first-order valence-corrected chi connectivity index (χ1v) is 27.7. The van der Waals surface area contributed by atoms with Crippen molar-refractivity contribution in [2.45, 2.75) is 0 Å². The van der Waals surface area contributed by atoms with E-state index in [1.54, 1.807) is 0 Å². The van der Waals surface area contributed by atoms with Gasteiger partial charge >= 0.3 is 0 Å². The third kappa shape index (κ3) is 76.4. The standard InChI is InChI=1S/C98H2.C5H4FIN2/c1-3-5-7-9-11-13-15-17-19-21-23-25-27-29-31-33-35-37-39-41-43-45-47-49-51-53-55-57-59-61-63-65-67-69-71-73-75-77-79-81-83-85-87-89-91-93-95-97-98-96-94-92-90-88-86-84-82-80-78-76-74-72-70-68-66-64-62-60-58-56-54-52-50-48-46-44-42-40-38-36-34-32-30-28-26-24-22-20-18-16-14-12-10-8-6-4-2;6-3-2-9-5(8)1-4(3)7/h1-2H;1-2H,(H2,8,9). The molecule has 107 heavy (non-hydrogen) atoms. The predicted molar refractivity (Wildman–Crippen MR) is 424 cm³/mol. The Balaban J connectivity index is 0.0000115. The van der Waals surface area contributed by atoms with Crippen LogP contribution in [0, 0.1) is 591 Å². The minimum Gasteiger partial charge on any atom is -0.384 e. The third-order valence-electron chi connectivity index (χ3n) is 6.79.